The molecule has 2 aromatic rings. The van der Waals surface area contributed by atoms with E-state index in [1.807, 2.05) is 22.9 Å². The van der Waals surface area contributed by atoms with Gasteiger partial charge in [-0.15, -0.1) is 0 Å². The van der Waals surface area contributed by atoms with E-state index in [0.29, 0.717) is 6.54 Å². The average Bonchev–Trinajstić information content (AvgIpc) is 2.63. The van der Waals surface area contributed by atoms with Gasteiger partial charge in [0.25, 0.3) is 0 Å². The monoisotopic (exact) mass is 281 g/mol. The largest absolute Gasteiger partial charge is 0.347 e. The first-order valence-electron chi connectivity index (χ1n) is 4.89. The highest BCUT2D eigenvalue weighted by molar-refractivity contribution is 9.10. The maximum absolute atomic E-state index is 11.6. The number of rotatable bonds is 2. The van der Waals surface area contributed by atoms with Gasteiger partial charge >= 0.3 is 0 Å². The Hall–Kier alpha value is -1.36. The van der Waals surface area contributed by atoms with Crippen molar-refractivity contribution in [3.05, 3.63) is 29.1 Å². The first-order valence-corrected chi connectivity index (χ1v) is 5.68. The second-order valence-corrected chi connectivity index (χ2v) is 4.52. The fraction of sp³-hybridized carbons (Fsp3) is 0.273. The molecule has 0 spiro atoms. The van der Waals surface area contributed by atoms with Crippen molar-refractivity contribution >= 4 is 32.7 Å². The maximum Gasteiger partial charge on any atom is 0.241 e. The third-order valence-corrected chi connectivity index (χ3v) is 3.09. The molecule has 0 saturated carbocycles. The highest BCUT2D eigenvalue weighted by atomic mass is 79.9. The van der Waals surface area contributed by atoms with Gasteiger partial charge in [0.2, 0.25) is 5.91 Å². The van der Waals surface area contributed by atoms with Crippen LogP contribution < -0.4 is 0 Å². The SMILES string of the molecule is CN(C)C(=O)Cn1ccc2c(Br)nccc21. The summed E-state index contributed by atoms with van der Waals surface area (Å²) in [5.41, 5.74) is 1.01. The van der Waals surface area contributed by atoms with E-state index >= 15 is 0 Å². The number of amides is 1. The number of halogens is 1. The molecule has 2 aromatic heterocycles. The summed E-state index contributed by atoms with van der Waals surface area (Å²) in [5.74, 6) is 0.0745. The number of pyridine rings is 1. The van der Waals surface area contributed by atoms with E-state index in [1.54, 1.807) is 25.2 Å². The molecule has 0 aliphatic heterocycles. The van der Waals surface area contributed by atoms with Crippen LogP contribution in [0.3, 0.4) is 0 Å². The van der Waals surface area contributed by atoms with Crippen molar-refractivity contribution in [3.8, 4) is 0 Å². The van der Waals surface area contributed by atoms with Gasteiger partial charge < -0.3 is 9.47 Å². The summed E-state index contributed by atoms with van der Waals surface area (Å²) in [6, 6.07) is 3.86. The van der Waals surface area contributed by atoms with Crippen LogP contribution in [0, 0.1) is 0 Å². The zero-order chi connectivity index (χ0) is 11.7. The minimum absolute atomic E-state index is 0.0745. The molecule has 0 radical (unpaired) electrons. The van der Waals surface area contributed by atoms with Crippen molar-refractivity contribution in [1.29, 1.82) is 0 Å². The van der Waals surface area contributed by atoms with E-state index < -0.39 is 0 Å². The van der Waals surface area contributed by atoms with Gasteiger partial charge in [-0.2, -0.15) is 0 Å². The van der Waals surface area contributed by atoms with Gasteiger partial charge in [-0.05, 0) is 28.1 Å². The van der Waals surface area contributed by atoms with Crippen LogP contribution >= 0.6 is 15.9 Å². The van der Waals surface area contributed by atoms with Crippen LogP contribution in [-0.2, 0) is 11.3 Å². The van der Waals surface area contributed by atoms with Crippen LogP contribution in [0.2, 0.25) is 0 Å². The van der Waals surface area contributed by atoms with Crippen molar-refractivity contribution in [2.24, 2.45) is 0 Å². The van der Waals surface area contributed by atoms with E-state index in [0.717, 1.165) is 15.5 Å². The summed E-state index contributed by atoms with van der Waals surface area (Å²) in [7, 11) is 3.51. The Morgan fingerprint density at radius 1 is 1.50 bits per heavy atom. The van der Waals surface area contributed by atoms with Crippen LogP contribution in [0.25, 0.3) is 10.9 Å². The molecule has 2 rings (SSSR count). The Morgan fingerprint density at radius 3 is 2.94 bits per heavy atom. The molecule has 0 saturated heterocycles. The number of carbonyl (C=O) groups excluding carboxylic acids is 1. The van der Waals surface area contributed by atoms with Crippen LogP contribution in [0.15, 0.2) is 29.1 Å². The molecule has 0 bridgehead atoms. The Morgan fingerprint density at radius 2 is 2.25 bits per heavy atom. The lowest BCUT2D eigenvalue weighted by molar-refractivity contribution is -0.129. The quantitative estimate of drug-likeness (QED) is 0.789. The molecular formula is C11H12BrN3O. The normalized spacial score (nSPS) is 10.7. The number of hydrogen-bond acceptors (Lipinski definition) is 2. The Labute approximate surface area is 102 Å². The van der Waals surface area contributed by atoms with E-state index in [1.165, 1.54) is 0 Å². The zero-order valence-corrected chi connectivity index (χ0v) is 10.7. The molecule has 0 aliphatic carbocycles. The fourth-order valence-electron chi connectivity index (χ4n) is 1.51. The van der Waals surface area contributed by atoms with Gasteiger partial charge in [0.05, 0.1) is 5.52 Å². The van der Waals surface area contributed by atoms with Gasteiger partial charge in [0.15, 0.2) is 0 Å². The molecule has 5 heteroatoms. The van der Waals surface area contributed by atoms with Gasteiger partial charge in [-0.1, -0.05) is 0 Å². The number of nitrogens with zero attached hydrogens (tertiary/aromatic N) is 3. The minimum Gasteiger partial charge on any atom is -0.347 e. The van der Waals surface area contributed by atoms with Crippen molar-refractivity contribution in [3.63, 3.8) is 0 Å². The molecule has 0 fully saturated rings. The molecular weight excluding hydrogens is 270 g/mol. The van der Waals surface area contributed by atoms with E-state index in [-0.39, 0.29) is 5.91 Å². The fourth-order valence-corrected chi connectivity index (χ4v) is 1.97. The number of hydrogen-bond donors (Lipinski definition) is 0. The van der Waals surface area contributed by atoms with E-state index in [2.05, 4.69) is 20.9 Å². The zero-order valence-electron chi connectivity index (χ0n) is 9.14. The smallest absolute Gasteiger partial charge is 0.241 e. The summed E-state index contributed by atoms with van der Waals surface area (Å²) in [6.07, 6.45) is 3.63. The van der Waals surface area contributed by atoms with Crippen LogP contribution in [-0.4, -0.2) is 34.5 Å². The van der Waals surface area contributed by atoms with Crippen molar-refractivity contribution in [2.45, 2.75) is 6.54 Å². The number of fused-ring (bicyclic) bond motifs is 1. The van der Waals surface area contributed by atoms with Crippen LogP contribution in [0.4, 0.5) is 0 Å². The number of carbonyl (C=O) groups is 1. The highest BCUT2D eigenvalue weighted by Gasteiger charge is 2.09. The lowest BCUT2D eigenvalue weighted by Gasteiger charge is -2.11. The van der Waals surface area contributed by atoms with Gasteiger partial charge in [0, 0.05) is 31.9 Å². The standard InChI is InChI=1S/C11H12BrN3O/c1-14(2)10(16)7-15-6-4-8-9(15)3-5-13-11(8)12/h3-6H,7H2,1-2H3. The topological polar surface area (TPSA) is 38.1 Å². The molecule has 2 heterocycles. The van der Waals surface area contributed by atoms with Gasteiger partial charge in [-0.3, -0.25) is 4.79 Å². The second-order valence-electron chi connectivity index (χ2n) is 3.77. The molecule has 0 unspecified atom stereocenters. The molecule has 0 aliphatic rings. The molecule has 84 valence electrons. The van der Waals surface area contributed by atoms with Gasteiger partial charge in [0.1, 0.15) is 11.1 Å². The molecule has 4 nitrogen and oxygen atoms in total. The average molecular weight is 282 g/mol. The summed E-state index contributed by atoms with van der Waals surface area (Å²) in [5, 5.41) is 1.02. The molecule has 0 aromatic carbocycles. The summed E-state index contributed by atoms with van der Waals surface area (Å²) in [4.78, 5) is 17.3. The van der Waals surface area contributed by atoms with E-state index in [9.17, 15) is 4.79 Å². The summed E-state index contributed by atoms with van der Waals surface area (Å²) in [6.45, 7) is 0.354. The number of likely N-dealkylation sites (N-methyl/N-ethyl adjacent to an activating group) is 1. The lowest BCUT2D eigenvalue weighted by atomic mass is 10.3. The first kappa shape index (κ1) is 11.1. The highest BCUT2D eigenvalue weighted by Crippen LogP contribution is 2.22. The molecule has 0 N–H and O–H groups in total. The summed E-state index contributed by atoms with van der Waals surface area (Å²) >= 11 is 3.39. The Balaban J connectivity index is 2.39. The van der Waals surface area contributed by atoms with Crippen molar-refractivity contribution in [2.75, 3.05) is 14.1 Å². The minimum atomic E-state index is 0.0745. The summed E-state index contributed by atoms with van der Waals surface area (Å²) < 4.78 is 2.73. The molecule has 1 amide bonds. The van der Waals surface area contributed by atoms with Crippen molar-refractivity contribution < 1.29 is 4.79 Å². The van der Waals surface area contributed by atoms with Crippen LogP contribution in [0.1, 0.15) is 0 Å². The van der Waals surface area contributed by atoms with Crippen molar-refractivity contribution in [1.82, 2.24) is 14.5 Å². The molecule has 0 atom stereocenters. The number of aromatic nitrogens is 2. The van der Waals surface area contributed by atoms with Crippen LogP contribution in [0.5, 0.6) is 0 Å². The maximum atomic E-state index is 11.6. The molecule has 16 heavy (non-hydrogen) atoms. The predicted octanol–water partition coefficient (Wildman–Crippen LogP) is 1.89. The Kier molecular flexibility index (Phi) is 2.96. The van der Waals surface area contributed by atoms with E-state index in [4.69, 9.17) is 0 Å². The second kappa shape index (κ2) is 4.25. The third-order valence-electron chi connectivity index (χ3n) is 2.45. The lowest BCUT2D eigenvalue weighted by Crippen LogP contribution is -2.25. The van der Waals surface area contributed by atoms with Gasteiger partial charge in [-0.25, -0.2) is 4.98 Å². The third kappa shape index (κ3) is 1.95. The Bertz CT molecular complexity index is 533. The first-order chi connectivity index (χ1) is 7.59. The predicted molar refractivity (Wildman–Crippen MR) is 66.1 cm³/mol.